The summed E-state index contributed by atoms with van der Waals surface area (Å²) >= 11 is 0. The van der Waals surface area contributed by atoms with Crippen molar-refractivity contribution in [3.63, 3.8) is 0 Å². The van der Waals surface area contributed by atoms with E-state index < -0.39 is 0 Å². The fourth-order valence-electron chi connectivity index (χ4n) is 2.24. The van der Waals surface area contributed by atoms with Gasteiger partial charge in [0.15, 0.2) is 35.6 Å². The number of rotatable bonds is 13. The number of carbonyl (C=O) groups is 2. The van der Waals surface area contributed by atoms with E-state index >= 15 is 0 Å². The number of para-hydroxylation sites is 2. The van der Waals surface area contributed by atoms with Crippen molar-refractivity contribution in [1.82, 2.24) is 0 Å². The highest BCUT2D eigenvalue weighted by atomic mass is 16.6. The lowest BCUT2D eigenvalue weighted by Gasteiger charge is -2.10. The maximum absolute atomic E-state index is 10.7. The van der Waals surface area contributed by atoms with Crippen LogP contribution in [0, 0.1) is 0 Å². The lowest BCUT2D eigenvalue weighted by Crippen LogP contribution is -2.13. The van der Waals surface area contributed by atoms with Crippen molar-refractivity contribution in [2.75, 3.05) is 39.6 Å². The SMILES string of the molecule is O=Cc1cccc(OCCOCCOCCOc2cccc(C=O)c2O)c1O. The van der Waals surface area contributed by atoms with Crippen LogP contribution in [-0.4, -0.2) is 62.4 Å². The summed E-state index contributed by atoms with van der Waals surface area (Å²) in [5, 5.41) is 19.6. The third-order valence-electron chi connectivity index (χ3n) is 3.66. The fourth-order valence-corrected chi connectivity index (χ4v) is 2.24. The second-order valence-electron chi connectivity index (χ2n) is 5.55. The van der Waals surface area contributed by atoms with Crippen molar-refractivity contribution in [1.29, 1.82) is 0 Å². The molecule has 0 spiro atoms. The summed E-state index contributed by atoms with van der Waals surface area (Å²) < 4.78 is 21.4. The molecule has 0 atom stereocenters. The quantitative estimate of drug-likeness (QED) is 0.396. The summed E-state index contributed by atoms with van der Waals surface area (Å²) in [5.74, 6) is 0.0723. The van der Waals surface area contributed by atoms with E-state index in [4.69, 9.17) is 18.9 Å². The Morgan fingerprint density at radius 1 is 0.643 bits per heavy atom. The van der Waals surface area contributed by atoms with Gasteiger partial charge in [0, 0.05) is 0 Å². The van der Waals surface area contributed by atoms with Gasteiger partial charge < -0.3 is 29.2 Å². The van der Waals surface area contributed by atoms with Gasteiger partial charge in [-0.25, -0.2) is 0 Å². The molecule has 0 fully saturated rings. The minimum atomic E-state index is -0.189. The first-order valence-electron chi connectivity index (χ1n) is 8.62. The molecule has 0 aliphatic carbocycles. The van der Waals surface area contributed by atoms with Crippen LogP contribution < -0.4 is 9.47 Å². The number of phenolic OH excluding ortho intramolecular Hbond substituents is 2. The number of carbonyl (C=O) groups excluding carboxylic acids is 2. The molecule has 2 aromatic rings. The molecular formula is C20H22O8. The molecule has 0 saturated carbocycles. The maximum atomic E-state index is 10.7. The molecule has 0 aliphatic heterocycles. The summed E-state index contributed by atoms with van der Waals surface area (Å²) in [6, 6.07) is 9.34. The normalized spacial score (nSPS) is 10.4. The third kappa shape index (κ3) is 6.26. The zero-order valence-corrected chi connectivity index (χ0v) is 15.2. The molecule has 0 amide bonds. The summed E-state index contributed by atoms with van der Waals surface area (Å²) in [7, 11) is 0. The minimum Gasteiger partial charge on any atom is -0.504 e. The fraction of sp³-hybridized carbons (Fsp3) is 0.300. The zero-order valence-electron chi connectivity index (χ0n) is 15.2. The number of ether oxygens (including phenoxy) is 4. The summed E-state index contributed by atoms with van der Waals surface area (Å²) in [4.78, 5) is 21.5. The number of phenols is 2. The zero-order chi connectivity index (χ0) is 20.2. The van der Waals surface area contributed by atoms with Crippen LogP contribution in [0.5, 0.6) is 23.0 Å². The van der Waals surface area contributed by atoms with Gasteiger partial charge in [0.25, 0.3) is 0 Å². The van der Waals surface area contributed by atoms with Gasteiger partial charge in [-0.3, -0.25) is 9.59 Å². The Labute approximate surface area is 162 Å². The number of aldehydes is 2. The van der Waals surface area contributed by atoms with Crippen molar-refractivity contribution in [3.05, 3.63) is 47.5 Å². The number of hydrogen-bond donors (Lipinski definition) is 2. The Morgan fingerprint density at radius 3 is 1.43 bits per heavy atom. The predicted octanol–water partition coefficient (Wildman–Crippen LogP) is 2.21. The smallest absolute Gasteiger partial charge is 0.168 e. The van der Waals surface area contributed by atoms with Gasteiger partial charge in [0.1, 0.15) is 13.2 Å². The van der Waals surface area contributed by atoms with Crippen molar-refractivity contribution in [2.24, 2.45) is 0 Å². The first-order valence-corrected chi connectivity index (χ1v) is 8.62. The van der Waals surface area contributed by atoms with E-state index in [9.17, 15) is 19.8 Å². The van der Waals surface area contributed by atoms with Gasteiger partial charge in [-0.15, -0.1) is 0 Å². The van der Waals surface area contributed by atoms with Crippen LogP contribution in [0.1, 0.15) is 20.7 Å². The molecule has 2 aromatic carbocycles. The van der Waals surface area contributed by atoms with Crippen LogP contribution in [0.3, 0.4) is 0 Å². The maximum Gasteiger partial charge on any atom is 0.168 e. The van der Waals surface area contributed by atoms with Crippen molar-refractivity contribution >= 4 is 12.6 Å². The van der Waals surface area contributed by atoms with E-state index in [1.165, 1.54) is 12.1 Å². The molecule has 0 radical (unpaired) electrons. The second kappa shape index (κ2) is 11.6. The first kappa shape index (κ1) is 21.2. The lowest BCUT2D eigenvalue weighted by molar-refractivity contribution is 0.0269. The predicted molar refractivity (Wildman–Crippen MR) is 99.6 cm³/mol. The molecule has 2 N–H and O–H groups in total. The highest BCUT2D eigenvalue weighted by Gasteiger charge is 2.08. The van der Waals surface area contributed by atoms with E-state index in [1.54, 1.807) is 24.3 Å². The van der Waals surface area contributed by atoms with Gasteiger partial charge >= 0.3 is 0 Å². The van der Waals surface area contributed by atoms with Crippen molar-refractivity contribution < 1.29 is 38.7 Å². The van der Waals surface area contributed by atoms with Gasteiger partial charge in [-0.1, -0.05) is 12.1 Å². The molecule has 0 aliphatic rings. The number of aromatic hydroxyl groups is 2. The van der Waals surface area contributed by atoms with Crippen LogP contribution in [0.15, 0.2) is 36.4 Å². The molecule has 0 unspecified atom stereocenters. The van der Waals surface area contributed by atoms with Crippen LogP contribution in [0.4, 0.5) is 0 Å². The molecular weight excluding hydrogens is 368 g/mol. The lowest BCUT2D eigenvalue weighted by atomic mass is 10.2. The van der Waals surface area contributed by atoms with E-state index in [-0.39, 0.29) is 60.6 Å². The minimum absolute atomic E-state index is 0.167. The van der Waals surface area contributed by atoms with Crippen LogP contribution in [0.2, 0.25) is 0 Å². The highest BCUT2D eigenvalue weighted by molar-refractivity contribution is 5.81. The molecule has 150 valence electrons. The average Bonchev–Trinajstić information content (AvgIpc) is 2.71. The van der Waals surface area contributed by atoms with E-state index in [1.807, 2.05) is 0 Å². The van der Waals surface area contributed by atoms with Crippen molar-refractivity contribution in [3.8, 4) is 23.0 Å². The van der Waals surface area contributed by atoms with Crippen LogP contribution in [0.25, 0.3) is 0 Å². The molecule has 8 nitrogen and oxygen atoms in total. The van der Waals surface area contributed by atoms with Gasteiger partial charge in [0.05, 0.1) is 37.6 Å². The molecule has 0 bridgehead atoms. The number of benzene rings is 2. The summed E-state index contributed by atoms with van der Waals surface area (Å²) in [5.41, 5.74) is 0.334. The molecule has 0 heterocycles. The summed E-state index contributed by atoms with van der Waals surface area (Å²) in [6.07, 6.45) is 1.11. The number of hydrogen-bond acceptors (Lipinski definition) is 8. The highest BCUT2D eigenvalue weighted by Crippen LogP contribution is 2.29. The van der Waals surface area contributed by atoms with E-state index in [2.05, 4.69) is 0 Å². The average molecular weight is 390 g/mol. The third-order valence-corrected chi connectivity index (χ3v) is 3.66. The van der Waals surface area contributed by atoms with Crippen LogP contribution >= 0.6 is 0 Å². The Balaban J connectivity index is 1.52. The molecule has 2 rings (SSSR count). The van der Waals surface area contributed by atoms with Gasteiger partial charge in [-0.05, 0) is 24.3 Å². The topological polar surface area (TPSA) is 112 Å². The van der Waals surface area contributed by atoms with E-state index in [0.29, 0.717) is 25.8 Å². The molecule has 0 aromatic heterocycles. The first-order chi connectivity index (χ1) is 13.7. The summed E-state index contributed by atoms with van der Waals surface area (Å²) in [6.45, 7) is 1.69. The molecule has 28 heavy (non-hydrogen) atoms. The van der Waals surface area contributed by atoms with Gasteiger partial charge in [-0.2, -0.15) is 0 Å². The molecule has 8 heteroatoms. The Hall–Kier alpha value is -3.10. The second-order valence-corrected chi connectivity index (χ2v) is 5.55. The molecule has 0 saturated heterocycles. The standard InChI is InChI=1S/C20H22O8/c21-13-15-3-1-5-17(19(15)23)27-11-9-25-7-8-26-10-12-28-18-6-2-4-16(14-22)20(18)24/h1-6,13-14,23-24H,7-12H2. The van der Waals surface area contributed by atoms with Crippen LogP contribution in [-0.2, 0) is 9.47 Å². The van der Waals surface area contributed by atoms with Crippen molar-refractivity contribution in [2.45, 2.75) is 0 Å². The van der Waals surface area contributed by atoms with E-state index in [0.717, 1.165) is 0 Å². The monoisotopic (exact) mass is 390 g/mol. The largest absolute Gasteiger partial charge is 0.504 e. The Bertz CT molecular complexity index is 709. The Kier molecular flexibility index (Phi) is 8.77. The Morgan fingerprint density at radius 2 is 1.04 bits per heavy atom. The van der Waals surface area contributed by atoms with Gasteiger partial charge in [0.2, 0.25) is 0 Å².